The maximum absolute atomic E-state index is 4.31. The van der Waals surface area contributed by atoms with E-state index in [-0.39, 0.29) is 0 Å². The Morgan fingerprint density at radius 2 is 1.77 bits per heavy atom. The van der Waals surface area contributed by atoms with Gasteiger partial charge in [-0.1, -0.05) is 42.8 Å². The van der Waals surface area contributed by atoms with Gasteiger partial charge in [-0.2, -0.15) is 5.10 Å². The summed E-state index contributed by atoms with van der Waals surface area (Å²) in [6, 6.07) is 18.6. The van der Waals surface area contributed by atoms with Crippen molar-refractivity contribution < 1.29 is 0 Å². The Labute approximate surface area is 132 Å². The highest BCUT2D eigenvalue weighted by molar-refractivity contribution is 5.80. The molecule has 1 aliphatic rings. The molecule has 2 aromatic rings. The number of anilines is 1. The average Bonchev–Trinajstić information content (AvgIpc) is 2.57. The van der Waals surface area contributed by atoms with Crippen LogP contribution in [0.5, 0.6) is 0 Å². The quantitative estimate of drug-likeness (QED) is 0.663. The zero-order chi connectivity index (χ0) is 15.0. The van der Waals surface area contributed by atoms with E-state index >= 15 is 0 Å². The lowest BCUT2D eigenvalue weighted by atomic mass is 10.1. The third-order valence-corrected chi connectivity index (χ3v) is 3.99. The molecule has 0 radical (unpaired) electrons. The third kappa shape index (κ3) is 4.43. The van der Waals surface area contributed by atoms with Crippen molar-refractivity contribution in [2.75, 3.05) is 18.5 Å². The van der Waals surface area contributed by atoms with E-state index in [4.69, 9.17) is 0 Å². The summed E-state index contributed by atoms with van der Waals surface area (Å²) >= 11 is 0. The Kier molecular flexibility index (Phi) is 5.22. The Balaban J connectivity index is 1.58. The van der Waals surface area contributed by atoms with E-state index in [1.54, 1.807) is 0 Å². The van der Waals surface area contributed by atoms with Gasteiger partial charge in [-0.05, 0) is 55.3 Å². The van der Waals surface area contributed by atoms with Gasteiger partial charge in [0.05, 0.1) is 11.9 Å². The van der Waals surface area contributed by atoms with Crippen LogP contribution in [-0.4, -0.2) is 24.2 Å². The molecule has 3 rings (SSSR count). The summed E-state index contributed by atoms with van der Waals surface area (Å²) in [6.07, 6.45) is 5.94. The van der Waals surface area contributed by atoms with Crippen LogP contribution in [-0.2, 0) is 6.54 Å². The molecule has 0 spiro atoms. The van der Waals surface area contributed by atoms with E-state index < -0.39 is 0 Å². The first-order valence-corrected chi connectivity index (χ1v) is 8.05. The van der Waals surface area contributed by atoms with Crippen LogP contribution in [0, 0.1) is 0 Å². The standard InChI is InChI=1S/C19H23N3/c1-3-10-19(11-4-1)21-20-15-17-8-7-9-18(14-17)16-22-12-5-2-6-13-22/h1,3-4,7-11,14-15,21H,2,5-6,12-13,16H2. The molecule has 0 atom stereocenters. The van der Waals surface area contributed by atoms with Crippen LogP contribution < -0.4 is 5.43 Å². The van der Waals surface area contributed by atoms with Gasteiger partial charge in [-0.15, -0.1) is 0 Å². The highest BCUT2D eigenvalue weighted by atomic mass is 15.3. The van der Waals surface area contributed by atoms with Crippen molar-refractivity contribution in [3.8, 4) is 0 Å². The first kappa shape index (κ1) is 14.8. The van der Waals surface area contributed by atoms with Crippen molar-refractivity contribution in [2.24, 2.45) is 5.10 Å². The van der Waals surface area contributed by atoms with Gasteiger partial charge in [-0.25, -0.2) is 0 Å². The fourth-order valence-corrected chi connectivity index (χ4v) is 2.84. The van der Waals surface area contributed by atoms with Crippen molar-refractivity contribution in [1.29, 1.82) is 0 Å². The fourth-order valence-electron chi connectivity index (χ4n) is 2.84. The van der Waals surface area contributed by atoms with Crippen LogP contribution in [0.25, 0.3) is 0 Å². The molecule has 3 heteroatoms. The average molecular weight is 293 g/mol. The van der Waals surface area contributed by atoms with Gasteiger partial charge in [-0.3, -0.25) is 10.3 Å². The second kappa shape index (κ2) is 7.76. The second-order valence-electron chi connectivity index (χ2n) is 5.82. The minimum atomic E-state index is 1.00. The highest BCUT2D eigenvalue weighted by Crippen LogP contribution is 2.13. The molecule has 0 unspecified atom stereocenters. The van der Waals surface area contributed by atoms with E-state index in [9.17, 15) is 0 Å². The molecule has 0 bridgehead atoms. The van der Waals surface area contributed by atoms with Crippen molar-refractivity contribution in [2.45, 2.75) is 25.8 Å². The molecule has 2 aromatic carbocycles. The van der Waals surface area contributed by atoms with Crippen LogP contribution in [0.15, 0.2) is 59.7 Å². The topological polar surface area (TPSA) is 27.6 Å². The molecule has 3 nitrogen and oxygen atoms in total. The summed E-state index contributed by atoms with van der Waals surface area (Å²) in [5.74, 6) is 0. The number of likely N-dealkylation sites (tertiary alicyclic amines) is 1. The van der Waals surface area contributed by atoms with E-state index in [1.165, 1.54) is 37.9 Å². The SMILES string of the molecule is C(=NNc1ccccc1)c1cccc(CN2CCCCC2)c1. The van der Waals surface area contributed by atoms with Gasteiger partial charge >= 0.3 is 0 Å². The smallest absolute Gasteiger partial charge is 0.0561 e. The summed E-state index contributed by atoms with van der Waals surface area (Å²) in [5, 5.41) is 4.31. The third-order valence-electron chi connectivity index (χ3n) is 3.99. The number of nitrogens with one attached hydrogen (secondary N) is 1. The van der Waals surface area contributed by atoms with Gasteiger partial charge in [0.2, 0.25) is 0 Å². The van der Waals surface area contributed by atoms with E-state index in [2.05, 4.69) is 39.7 Å². The zero-order valence-corrected chi connectivity index (χ0v) is 12.9. The van der Waals surface area contributed by atoms with Crippen LogP contribution in [0.3, 0.4) is 0 Å². The molecule has 0 aliphatic carbocycles. The van der Waals surface area contributed by atoms with Crippen LogP contribution in [0.2, 0.25) is 0 Å². The molecular weight excluding hydrogens is 270 g/mol. The summed E-state index contributed by atoms with van der Waals surface area (Å²) in [7, 11) is 0. The molecule has 0 saturated carbocycles. The molecule has 22 heavy (non-hydrogen) atoms. The molecule has 0 aromatic heterocycles. The van der Waals surface area contributed by atoms with Crippen molar-refractivity contribution in [3.63, 3.8) is 0 Å². The fraction of sp³-hybridized carbons (Fsp3) is 0.316. The Hall–Kier alpha value is -2.13. The van der Waals surface area contributed by atoms with E-state index in [0.29, 0.717) is 0 Å². The van der Waals surface area contributed by atoms with Crippen molar-refractivity contribution in [3.05, 3.63) is 65.7 Å². The lowest BCUT2D eigenvalue weighted by molar-refractivity contribution is 0.221. The molecule has 1 saturated heterocycles. The van der Waals surface area contributed by atoms with Crippen molar-refractivity contribution in [1.82, 2.24) is 4.90 Å². The van der Waals surface area contributed by atoms with Gasteiger partial charge in [0, 0.05) is 6.54 Å². The number of hydrogen-bond acceptors (Lipinski definition) is 3. The predicted molar refractivity (Wildman–Crippen MR) is 93.2 cm³/mol. The first-order valence-electron chi connectivity index (χ1n) is 8.05. The highest BCUT2D eigenvalue weighted by Gasteiger charge is 2.10. The summed E-state index contributed by atoms with van der Waals surface area (Å²) in [5.41, 5.74) is 6.56. The number of hydrogen-bond donors (Lipinski definition) is 1. The molecule has 1 N–H and O–H groups in total. The predicted octanol–water partition coefficient (Wildman–Crippen LogP) is 4.12. The number of nitrogens with zero attached hydrogens (tertiary/aromatic N) is 2. The molecular formula is C19H23N3. The zero-order valence-electron chi connectivity index (χ0n) is 12.9. The number of benzene rings is 2. The van der Waals surface area contributed by atoms with Crippen LogP contribution >= 0.6 is 0 Å². The maximum atomic E-state index is 4.31. The monoisotopic (exact) mass is 293 g/mol. The lowest BCUT2D eigenvalue weighted by Crippen LogP contribution is -2.29. The maximum Gasteiger partial charge on any atom is 0.0561 e. The van der Waals surface area contributed by atoms with Gasteiger partial charge in [0.25, 0.3) is 0 Å². The lowest BCUT2D eigenvalue weighted by Gasteiger charge is -2.26. The normalized spacial score (nSPS) is 16.0. The van der Waals surface area contributed by atoms with E-state index in [1.807, 2.05) is 36.5 Å². The second-order valence-corrected chi connectivity index (χ2v) is 5.82. The number of piperidine rings is 1. The largest absolute Gasteiger partial charge is 0.299 e. The Morgan fingerprint density at radius 3 is 2.59 bits per heavy atom. The summed E-state index contributed by atoms with van der Waals surface area (Å²) < 4.78 is 0. The molecule has 1 aliphatic heterocycles. The van der Waals surface area contributed by atoms with Crippen LogP contribution in [0.4, 0.5) is 5.69 Å². The van der Waals surface area contributed by atoms with Crippen molar-refractivity contribution >= 4 is 11.9 Å². The first-order chi connectivity index (χ1) is 10.9. The van der Waals surface area contributed by atoms with E-state index in [0.717, 1.165) is 17.8 Å². The van der Waals surface area contributed by atoms with Gasteiger partial charge in [0.15, 0.2) is 0 Å². The minimum Gasteiger partial charge on any atom is -0.299 e. The molecule has 114 valence electrons. The van der Waals surface area contributed by atoms with Gasteiger partial charge < -0.3 is 0 Å². The number of para-hydroxylation sites is 1. The number of hydrazone groups is 1. The molecule has 1 fully saturated rings. The minimum absolute atomic E-state index is 1.00. The number of rotatable bonds is 5. The molecule has 0 amide bonds. The van der Waals surface area contributed by atoms with Gasteiger partial charge in [0.1, 0.15) is 0 Å². The Bertz CT molecular complexity index is 601. The van der Waals surface area contributed by atoms with Crippen LogP contribution in [0.1, 0.15) is 30.4 Å². The summed E-state index contributed by atoms with van der Waals surface area (Å²) in [6.45, 7) is 3.51. The molecule has 1 heterocycles. The Morgan fingerprint density at radius 1 is 0.955 bits per heavy atom. The summed E-state index contributed by atoms with van der Waals surface area (Å²) in [4.78, 5) is 2.54.